The lowest BCUT2D eigenvalue weighted by atomic mass is 10.0. The number of aliphatic hydroxyl groups is 1. The third kappa shape index (κ3) is 66.5. The van der Waals surface area contributed by atoms with E-state index in [-0.39, 0.29) is 25.7 Å². The van der Waals surface area contributed by atoms with Gasteiger partial charge in [-0.15, -0.1) is 0 Å². The smallest absolute Gasteiger partial charge is 0.462 e. The van der Waals surface area contributed by atoms with Gasteiger partial charge >= 0.3 is 39.5 Å². The molecular weight excluding hydrogens is 1200 g/mol. The van der Waals surface area contributed by atoms with Crippen molar-refractivity contribution in [3.05, 3.63) is 0 Å². The van der Waals surface area contributed by atoms with Crippen LogP contribution in [0.25, 0.3) is 0 Å². The number of carbonyl (C=O) groups is 4. The van der Waals surface area contributed by atoms with Gasteiger partial charge in [0.25, 0.3) is 0 Å². The molecule has 5 atom stereocenters. The molecule has 19 heteroatoms. The predicted octanol–water partition coefficient (Wildman–Crippen LogP) is 20.8. The van der Waals surface area contributed by atoms with E-state index in [4.69, 9.17) is 37.0 Å². The molecule has 0 aliphatic rings. The average molecular weight is 1340 g/mol. The van der Waals surface area contributed by atoms with Gasteiger partial charge in [0, 0.05) is 25.7 Å². The van der Waals surface area contributed by atoms with Crippen molar-refractivity contribution < 1.29 is 80.2 Å². The lowest BCUT2D eigenvalue weighted by Gasteiger charge is -2.21. The van der Waals surface area contributed by atoms with Gasteiger partial charge in [0.05, 0.1) is 26.4 Å². The van der Waals surface area contributed by atoms with E-state index >= 15 is 0 Å². The van der Waals surface area contributed by atoms with Crippen molar-refractivity contribution >= 4 is 39.5 Å². The minimum absolute atomic E-state index is 0.104. The molecule has 0 aromatic carbocycles. The highest BCUT2D eigenvalue weighted by atomic mass is 31.2. The molecule has 0 saturated heterocycles. The highest BCUT2D eigenvalue weighted by molar-refractivity contribution is 7.47. The van der Waals surface area contributed by atoms with Crippen molar-refractivity contribution in [2.45, 2.75) is 387 Å². The molecule has 0 radical (unpaired) electrons. The van der Waals surface area contributed by atoms with Crippen LogP contribution in [-0.2, 0) is 65.4 Å². The Labute approximate surface area is 556 Å². The number of phosphoric ester groups is 2. The molecule has 3 N–H and O–H groups in total. The van der Waals surface area contributed by atoms with Crippen LogP contribution < -0.4 is 0 Å². The fourth-order valence-corrected chi connectivity index (χ4v) is 12.5. The Morgan fingerprint density at radius 2 is 0.505 bits per heavy atom. The fraction of sp³-hybridized carbons (Fsp3) is 0.944. The zero-order chi connectivity index (χ0) is 67.2. The molecule has 0 rings (SSSR count). The molecule has 0 aliphatic carbocycles. The van der Waals surface area contributed by atoms with Gasteiger partial charge in [0.1, 0.15) is 19.3 Å². The van der Waals surface area contributed by atoms with Gasteiger partial charge in [-0.05, 0) is 37.5 Å². The molecule has 0 aromatic rings. The SMILES string of the molecule is CCCCCCCCCCCCCCCCCCCC(=O)O[C@H](COC(=O)CCCCCCCCCCCCCC(C)C)COP(=O)(O)OC[C@@H](O)COP(=O)(O)OC[C@@H](COC(=O)CCCCCCCCCCCC)OC(=O)CCCCCCCCCC(C)C. The molecular formula is C72H140O17P2. The summed E-state index contributed by atoms with van der Waals surface area (Å²) in [6.45, 7) is 9.50. The van der Waals surface area contributed by atoms with Crippen LogP contribution in [0.4, 0.5) is 0 Å². The van der Waals surface area contributed by atoms with E-state index in [1.54, 1.807) is 0 Å². The standard InChI is InChI=1S/C72H140O17P2/c1-7-9-11-13-15-17-19-20-21-22-23-24-27-32-38-44-50-56-71(76)88-67(60-83-70(75)55-49-43-37-31-28-25-26-29-34-40-46-52-64(3)4)62-86-90(78,79)84-58-66(73)59-85-91(80,81)87-63-68(89-72(77)57-51-45-39-33-35-41-47-53-65(5)6)61-82-69(74)54-48-42-36-30-18-16-14-12-10-8-2/h64-68,73H,7-63H2,1-6H3,(H,78,79)(H,80,81)/t66-,67-,68-/m1/s1. The summed E-state index contributed by atoms with van der Waals surface area (Å²) in [5, 5.41) is 10.6. The molecule has 17 nitrogen and oxygen atoms in total. The van der Waals surface area contributed by atoms with E-state index in [2.05, 4.69) is 41.5 Å². The van der Waals surface area contributed by atoms with Crippen molar-refractivity contribution in [1.29, 1.82) is 0 Å². The largest absolute Gasteiger partial charge is 0.472 e. The molecule has 0 fully saturated rings. The first-order valence-corrected chi connectivity index (χ1v) is 40.5. The van der Waals surface area contributed by atoms with Gasteiger partial charge in [0.2, 0.25) is 0 Å². The second-order valence-corrected chi connectivity index (χ2v) is 29.8. The number of aliphatic hydroxyl groups excluding tert-OH is 1. The highest BCUT2D eigenvalue weighted by Crippen LogP contribution is 2.45. The molecule has 0 spiro atoms. The molecule has 0 amide bonds. The minimum atomic E-state index is -4.95. The van der Waals surface area contributed by atoms with Crippen molar-refractivity contribution in [2.24, 2.45) is 11.8 Å². The van der Waals surface area contributed by atoms with Crippen LogP contribution in [0.15, 0.2) is 0 Å². The first-order valence-electron chi connectivity index (χ1n) is 37.5. The summed E-state index contributed by atoms with van der Waals surface area (Å²) in [6, 6.07) is 0. The molecule has 0 saturated carbocycles. The summed E-state index contributed by atoms with van der Waals surface area (Å²) in [5.74, 6) is -0.656. The van der Waals surface area contributed by atoms with Crippen LogP contribution in [-0.4, -0.2) is 96.7 Å². The van der Waals surface area contributed by atoms with Crippen LogP contribution in [0.5, 0.6) is 0 Å². The first kappa shape index (κ1) is 89.1. The van der Waals surface area contributed by atoms with Crippen molar-refractivity contribution in [1.82, 2.24) is 0 Å². The van der Waals surface area contributed by atoms with E-state index in [9.17, 15) is 43.2 Å². The Morgan fingerprint density at radius 3 is 0.747 bits per heavy atom. The second kappa shape index (κ2) is 64.1. The average Bonchev–Trinajstić information content (AvgIpc) is 3.45. The molecule has 91 heavy (non-hydrogen) atoms. The summed E-state index contributed by atoms with van der Waals surface area (Å²) in [6.07, 6.45) is 50.0. The fourth-order valence-electron chi connectivity index (χ4n) is 10.9. The van der Waals surface area contributed by atoms with Crippen LogP contribution >= 0.6 is 15.6 Å². The van der Waals surface area contributed by atoms with Crippen LogP contribution in [0.1, 0.15) is 369 Å². The van der Waals surface area contributed by atoms with Crippen LogP contribution in [0.2, 0.25) is 0 Å². The summed E-state index contributed by atoms with van der Waals surface area (Å²) in [4.78, 5) is 72.6. The second-order valence-electron chi connectivity index (χ2n) is 26.9. The maximum atomic E-state index is 13.0. The number of rotatable bonds is 71. The number of ether oxygens (including phenoxy) is 4. The monoisotopic (exact) mass is 1340 g/mol. The summed E-state index contributed by atoms with van der Waals surface area (Å²) in [5.41, 5.74) is 0. The predicted molar refractivity (Wildman–Crippen MR) is 368 cm³/mol. The van der Waals surface area contributed by atoms with E-state index in [1.165, 1.54) is 186 Å². The van der Waals surface area contributed by atoms with Crippen LogP contribution in [0, 0.1) is 11.8 Å². The van der Waals surface area contributed by atoms with E-state index in [0.717, 1.165) is 95.8 Å². The molecule has 0 heterocycles. The molecule has 0 aromatic heterocycles. The Morgan fingerprint density at radius 1 is 0.297 bits per heavy atom. The van der Waals surface area contributed by atoms with Crippen molar-refractivity contribution in [3.8, 4) is 0 Å². The third-order valence-corrected chi connectivity index (χ3v) is 18.6. The minimum Gasteiger partial charge on any atom is -0.462 e. The number of esters is 4. The number of carbonyl (C=O) groups excluding carboxylic acids is 4. The van der Waals surface area contributed by atoms with Gasteiger partial charge in [-0.3, -0.25) is 37.3 Å². The maximum absolute atomic E-state index is 13.0. The quantitative estimate of drug-likeness (QED) is 0.0222. The van der Waals surface area contributed by atoms with Gasteiger partial charge in [-0.1, -0.05) is 318 Å². The van der Waals surface area contributed by atoms with Gasteiger partial charge < -0.3 is 33.8 Å². The number of unbranched alkanes of at least 4 members (excludes halogenated alkanes) is 41. The van der Waals surface area contributed by atoms with Crippen LogP contribution in [0.3, 0.4) is 0 Å². The Kier molecular flexibility index (Phi) is 62.7. The third-order valence-electron chi connectivity index (χ3n) is 16.7. The van der Waals surface area contributed by atoms with E-state index < -0.39 is 97.5 Å². The maximum Gasteiger partial charge on any atom is 0.472 e. The number of hydrogen-bond donors (Lipinski definition) is 3. The molecule has 540 valence electrons. The lowest BCUT2D eigenvalue weighted by Crippen LogP contribution is -2.30. The first-order chi connectivity index (χ1) is 43.9. The normalized spacial score (nSPS) is 14.1. The summed E-state index contributed by atoms with van der Waals surface area (Å²) >= 11 is 0. The lowest BCUT2D eigenvalue weighted by molar-refractivity contribution is -0.161. The Hall–Kier alpha value is -1.94. The zero-order valence-electron chi connectivity index (χ0n) is 59.1. The van der Waals surface area contributed by atoms with E-state index in [1.807, 2.05) is 0 Å². The molecule has 0 aliphatic heterocycles. The molecule has 0 bridgehead atoms. The zero-order valence-corrected chi connectivity index (χ0v) is 60.9. The van der Waals surface area contributed by atoms with Gasteiger partial charge in [0.15, 0.2) is 12.2 Å². The Bertz CT molecular complexity index is 1770. The summed E-state index contributed by atoms with van der Waals surface area (Å²) in [7, 11) is -9.90. The van der Waals surface area contributed by atoms with Gasteiger partial charge in [-0.25, -0.2) is 9.13 Å². The summed E-state index contributed by atoms with van der Waals surface area (Å²) < 4.78 is 68.3. The highest BCUT2D eigenvalue weighted by Gasteiger charge is 2.30. The number of phosphoric acid groups is 2. The number of hydrogen-bond acceptors (Lipinski definition) is 15. The topological polar surface area (TPSA) is 237 Å². The Balaban J connectivity index is 5.23. The van der Waals surface area contributed by atoms with Crippen molar-refractivity contribution in [3.63, 3.8) is 0 Å². The van der Waals surface area contributed by atoms with Crippen molar-refractivity contribution in [2.75, 3.05) is 39.6 Å². The van der Waals surface area contributed by atoms with E-state index in [0.29, 0.717) is 31.6 Å². The van der Waals surface area contributed by atoms with Gasteiger partial charge in [-0.2, -0.15) is 0 Å². The molecule has 2 unspecified atom stereocenters.